The summed E-state index contributed by atoms with van der Waals surface area (Å²) in [5, 5.41) is 30.4. The monoisotopic (exact) mass is 478 g/mol. The van der Waals surface area contributed by atoms with Crippen LogP contribution in [0.3, 0.4) is 0 Å². The number of methoxy groups -OCH3 is 3. The zero-order valence-electron chi connectivity index (χ0n) is 19.5. The maximum absolute atomic E-state index is 13.2. The Balaban J connectivity index is 1.89. The van der Waals surface area contributed by atoms with Gasteiger partial charge in [-0.25, -0.2) is 4.79 Å². The van der Waals surface area contributed by atoms with Crippen LogP contribution < -0.4 is 14.2 Å². The minimum absolute atomic E-state index is 0.0341. The predicted octanol–water partition coefficient (Wildman–Crippen LogP) is 1.20. The van der Waals surface area contributed by atoms with Gasteiger partial charge in [0.05, 0.1) is 20.8 Å². The topological polar surface area (TPSA) is 133 Å². The largest absolute Gasteiger partial charge is 0.496 e. The fourth-order valence-electron chi connectivity index (χ4n) is 3.82. The molecule has 34 heavy (non-hydrogen) atoms. The minimum Gasteiger partial charge on any atom is -0.496 e. The van der Waals surface area contributed by atoms with Crippen LogP contribution in [0.5, 0.6) is 17.2 Å². The molecule has 1 saturated heterocycles. The molecule has 0 aliphatic carbocycles. The summed E-state index contributed by atoms with van der Waals surface area (Å²) in [6, 6.07) is 11.0. The lowest BCUT2D eigenvalue weighted by molar-refractivity contribution is -0.293. The van der Waals surface area contributed by atoms with Crippen LogP contribution in [0.15, 0.2) is 36.4 Å². The van der Waals surface area contributed by atoms with E-state index in [1.165, 1.54) is 27.4 Å². The Bertz CT molecular complexity index is 948. The number of hydrogen-bond donors (Lipinski definition) is 3. The van der Waals surface area contributed by atoms with Crippen molar-refractivity contribution in [2.75, 3.05) is 27.9 Å². The second kappa shape index (κ2) is 11.5. The van der Waals surface area contributed by atoms with Crippen LogP contribution in [0.2, 0.25) is 0 Å². The fraction of sp³-hybridized carbons (Fsp3) is 0.458. The van der Waals surface area contributed by atoms with E-state index in [4.69, 9.17) is 28.4 Å². The van der Waals surface area contributed by atoms with Crippen LogP contribution in [-0.2, 0) is 20.8 Å². The molecule has 10 heteroatoms. The number of esters is 1. The highest BCUT2D eigenvalue weighted by Crippen LogP contribution is 2.40. The molecule has 10 nitrogen and oxygen atoms in total. The van der Waals surface area contributed by atoms with E-state index in [-0.39, 0.29) is 17.9 Å². The fourth-order valence-corrected chi connectivity index (χ4v) is 3.82. The highest BCUT2D eigenvalue weighted by Gasteiger charge is 2.47. The van der Waals surface area contributed by atoms with Crippen LogP contribution in [0.1, 0.15) is 21.5 Å². The second-order valence-corrected chi connectivity index (χ2v) is 7.70. The van der Waals surface area contributed by atoms with Crippen molar-refractivity contribution in [3.63, 3.8) is 0 Å². The number of ether oxygens (including phenoxy) is 6. The molecule has 5 atom stereocenters. The molecule has 3 N–H and O–H groups in total. The van der Waals surface area contributed by atoms with Crippen molar-refractivity contribution in [2.24, 2.45) is 0 Å². The minimum atomic E-state index is -1.49. The van der Waals surface area contributed by atoms with Gasteiger partial charge >= 0.3 is 5.97 Å². The first-order valence-corrected chi connectivity index (χ1v) is 10.6. The molecule has 0 radical (unpaired) electrons. The SMILES string of the molecule is COc1cc(OCc2ccccc2)c(OC)c(C)c1C(=O)OC1[C@H](O)C(CO)O[C@H](OC)[C@@H]1O. The summed E-state index contributed by atoms with van der Waals surface area (Å²) in [5.41, 5.74) is 1.36. The first kappa shape index (κ1) is 25.7. The molecular weight excluding hydrogens is 448 g/mol. The molecule has 0 spiro atoms. The number of rotatable bonds is 9. The van der Waals surface area contributed by atoms with E-state index in [9.17, 15) is 20.1 Å². The van der Waals surface area contributed by atoms with Gasteiger partial charge in [0.2, 0.25) is 0 Å². The first-order valence-electron chi connectivity index (χ1n) is 10.6. The molecule has 0 aromatic heterocycles. The van der Waals surface area contributed by atoms with Crippen molar-refractivity contribution < 1.29 is 48.5 Å². The Kier molecular flexibility index (Phi) is 8.70. The molecule has 2 aromatic carbocycles. The maximum atomic E-state index is 13.2. The van der Waals surface area contributed by atoms with Gasteiger partial charge in [0, 0.05) is 18.7 Å². The third kappa shape index (κ3) is 5.26. The lowest BCUT2D eigenvalue weighted by Gasteiger charge is -2.40. The number of aliphatic hydroxyl groups excluding tert-OH is 3. The molecule has 2 unspecified atom stereocenters. The lowest BCUT2D eigenvalue weighted by Crippen LogP contribution is -2.60. The normalized spacial score (nSPS) is 24.4. The molecule has 3 rings (SSSR count). The van der Waals surface area contributed by atoms with Crippen LogP contribution in [-0.4, -0.2) is 79.9 Å². The average Bonchev–Trinajstić information content (AvgIpc) is 2.85. The van der Waals surface area contributed by atoms with Gasteiger partial charge < -0.3 is 43.7 Å². The Morgan fingerprint density at radius 2 is 1.74 bits per heavy atom. The zero-order chi connectivity index (χ0) is 24.8. The molecular formula is C24H30O10. The van der Waals surface area contributed by atoms with Crippen molar-refractivity contribution in [2.45, 2.75) is 44.2 Å². The van der Waals surface area contributed by atoms with E-state index in [1.807, 2.05) is 30.3 Å². The summed E-state index contributed by atoms with van der Waals surface area (Å²) in [6.45, 7) is 1.34. The van der Waals surface area contributed by atoms with E-state index >= 15 is 0 Å². The van der Waals surface area contributed by atoms with Gasteiger partial charge in [0.15, 0.2) is 23.9 Å². The third-order valence-electron chi connectivity index (χ3n) is 5.61. The predicted molar refractivity (Wildman–Crippen MR) is 119 cm³/mol. The van der Waals surface area contributed by atoms with Crippen molar-refractivity contribution in [3.05, 3.63) is 53.1 Å². The van der Waals surface area contributed by atoms with Crippen molar-refractivity contribution in [3.8, 4) is 17.2 Å². The molecule has 0 saturated carbocycles. The zero-order valence-corrected chi connectivity index (χ0v) is 19.5. The molecule has 1 fully saturated rings. The number of benzene rings is 2. The quantitative estimate of drug-likeness (QED) is 0.452. The second-order valence-electron chi connectivity index (χ2n) is 7.70. The van der Waals surface area contributed by atoms with E-state index in [0.29, 0.717) is 17.1 Å². The van der Waals surface area contributed by atoms with Crippen LogP contribution in [0.4, 0.5) is 0 Å². The number of hydrogen-bond acceptors (Lipinski definition) is 10. The Labute approximate surface area is 197 Å². The van der Waals surface area contributed by atoms with Gasteiger partial charge in [-0.3, -0.25) is 0 Å². The molecule has 0 amide bonds. The summed E-state index contributed by atoms with van der Waals surface area (Å²) in [6.07, 6.45) is -6.72. The molecule has 2 aromatic rings. The van der Waals surface area contributed by atoms with Crippen LogP contribution in [0.25, 0.3) is 0 Å². The van der Waals surface area contributed by atoms with Crippen LogP contribution >= 0.6 is 0 Å². The Morgan fingerprint density at radius 3 is 2.32 bits per heavy atom. The van der Waals surface area contributed by atoms with Gasteiger partial charge in [-0.1, -0.05) is 30.3 Å². The first-order chi connectivity index (χ1) is 16.4. The molecule has 1 heterocycles. The molecule has 1 aliphatic heterocycles. The highest BCUT2D eigenvalue weighted by atomic mass is 16.7. The molecule has 186 valence electrons. The highest BCUT2D eigenvalue weighted by molar-refractivity contribution is 5.95. The lowest BCUT2D eigenvalue weighted by atomic mass is 9.98. The number of carbonyl (C=O) groups excluding carboxylic acids is 1. The molecule has 0 bridgehead atoms. The standard InChI is InChI=1S/C24H30O10/c1-13-18(23(28)34-22-19(26)17(11-25)33-24(31-4)20(22)27)15(29-2)10-16(21(13)30-3)32-12-14-8-6-5-7-9-14/h5-10,17,19-20,22,24-27H,11-12H2,1-4H3/t17?,19-,20-,22?,24+/m1/s1. The van der Waals surface area contributed by atoms with Gasteiger partial charge in [-0.15, -0.1) is 0 Å². The van der Waals surface area contributed by atoms with Crippen molar-refractivity contribution in [1.82, 2.24) is 0 Å². The Hall–Kier alpha value is -2.89. The summed E-state index contributed by atoms with van der Waals surface area (Å²) < 4.78 is 32.6. The van der Waals surface area contributed by atoms with E-state index < -0.39 is 43.3 Å². The smallest absolute Gasteiger partial charge is 0.342 e. The van der Waals surface area contributed by atoms with Gasteiger partial charge in [0.25, 0.3) is 0 Å². The third-order valence-corrected chi connectivity index (χ3v) is 5.61. The summed E-state index contributed by atoms with van der Waals surface area (Å²) in [4.78, 5) is 13.2. The number of carbonyl (C=O) groups is 1. The average molecular weight is 478 g/mol. The van der Waals surface area contributed by atoms with Crippen molar-refractivity contribution >= 4 is 5.97 Å². The number of aliphatic hydroxyl groups is 3. The maximum Gasteiger partial charge on any atom is 0.342 e. The van der Waals surface area contributed by atoms with Gasteiger partial charge in [-0.2, -0.15) is 0 Å². The van der Waals surface area contributed by atoms with Crippen molar-refractivity contribution in [1.29, 1.82) is 0 Å². The van der Waals surface area contributed by atoms with Gasteiger partial charge in [0.1, 0.15) is 36.2 Å². The Morgan fingerprint density at radius 1 is 1.03 bits per heavy atom. The van der Waals surface area contributed by atoms with Crippen LogP contribution in [0, 0.1) is 6.92 Å². The van der Waals surface area contributed by atoms with E-state index in [1.54, 1.807) is 6.92 Å². The summed E-state index contributed by atoms with van der Waals surface area (Å²) >= 11 is 0. The summed E-state index contributed by atoms with van der Waals surface area (Å²) in [7, 11) is 4.12. The molecule has 1 aliphatic rings. The van der Waals surface area contributed by atoms with E-state index in [0.717, 1.165) is 5.56 Å². The van der Waals surface area contributed by atoms with E-state index in [2.05, 4.69) is 0 Å². The van der Waals surface area contributed by atoms with Gasteiger partial charge in [-0.05, 0) is 12.5 Å². The summed E-state index contributed by atoms with van der Waals surface area (Å²) in [5.74, 6) is -0.0499.